The molecular formula is C43H75NO7P+. The highest BCUT2D eigenvalue weighted by molar-refractivity contribution is 7.47. The van der Waals surface area contributed by atoms with Crippen molar-refractivity contribution in [3.05, 3.63) is 85.1 Å². The van der Waals surface area contributed by atoms with E-state index >= 15 is 0 Å². The van der Waals surface area contributed by atoms with Gasteiger partial charge < -0.3 is 18.9 Å². The number of phosphoric acid groups is 1. The lowest BCUT2D eigenvalue weighted by atomic mass is 10.1. The normalized spacial score (nSPS) is 14.8. The smallest absolute Gasteiger partial charge is 0.457 e. The van der Waals surface area contributed by atoms with Gasteiger partial charge in [0.05, 0.1) is 34.4 Å². The Morgan fingerprint density at radius 1 is 0.615 bits per heavy atom. The molecule has 2 atom stereocenters. The lowest BCUT2D eigenvalue weighted by molar-refractivity contribution is -0.870. The maximum absolute atomic E-state index is 12.5. The van der Waals surface area contributed by atoms with Crippen LogP contribution in [0, 0.1) is 0 Å². The Hall–Kier alpha value is -2.32. The molecule has 0 aliphatic rings. The van der Waals surface area contributed by atoms with Gasteiger partial charge in [0.25, 0.3) is 0 Å². The van der Waals surface area contributed by atoms with Crippen molar-refractivity contribution >= 4 is 13.8 Å². The fourth-order valence-electron chi connectivity index (χ4n) is 4.65. The Labute approximate surface area is 318 Å². The van der Waals surface area contributed by atoms with Crippen LogP contribution in [-0.2, 0) is 27.9 Å². The Kier molecular flexibility index (Phi) is 34.1. The Morgan fingerprint density at radius 3 is 1.63 bits per heavy atom. The summed E-state index contributed by atoms with van der Waals surface area (Å²) in [6.07, 6.45) is 46.5. The van der Waals surface area contributed by atoms with E-state index in [0.29, 0.717) is 24.1 Å². The van der Waals surface area contributed by atoms with Crippen molar-refractivity contribution in [2.75, 3.05) is 54.1 Å². The highest BCUT2D eigenvalue weighted by Crippen LogP contribution is 2.43. The van der Waals surface area contributed by atoms with Crippen LogP contribution < -0.4 is 0 Å². The predicted octanol–water partition coefficient (Wildman–Crippen LogP) is 11.3. The molecule has 0 aliphatic carbocycles. The minimum absolute atomic E-state index is 0.0755. The quantitative estimate of drug-likeness (QED) is 0.0227. The molecule has 0 aliphatic heterocycles. The van der Waals surface area contributed by atoms with Gasteiger partial charge in [-0.2, -0.15) is 0 Å². The second-order valence-corrected chi connectivity index (χ2v) is 15.4. The van der Waals surface area contributed by atoms with Gasteiger partial charge in [-0.3, -0.25) is 13.8 Å². The summed E-state index contributed by atoms with van der Waals surface area (Å²) in [5.41, 5.74) is 0. The van der Waals surface area contributed by atoms with E-state index in [2.05, 4.69) is 98.9 Å². The van der Waals surface area contributed by atoms with Crippen molar-refractivity contribution in [3.8, 4) is 0 Å². The van der Waals surface area contributed by atoms with Crippen LogP contribution in [0.4, 0.5) is 0 Å². The zero-order chi connectivity index (χ0) is 38.4. The molecule has 0 amide bonds. The van der Waals surface area contributed by atoms with Gasteiger partial charge in [-0.1, -0.05) is 131 Å². The van der Waals surface area contributed by atoms with Crippen LogP contribution in [0.15, 0.2) is 85.1 Å². The monoisotopic (exact) mass is 749 g/mol. The van der Waals surface area contributed by atoms with E-state index in [-0.39, 0.29) is 25.8 Å². The first-order valence-corrected chi connectivity index (χ1v) is 21.3. The minimum Gasteiger partial charge on any atom is -0.457 e. The second kappa shape index (κ2) is 35.7. The third-order valence-corrected chi connectivity index (χ3v) is 8.71. The van der Waals surface area contributed by atoms with Gasteiger partial charge in [0.2, 0.25) is 0 Å². The van der Waals surface area contributed by atoms with Gasteiger partial charge in [0.15, 0.2) is 0 Å². The Balaban J connectivity index is 4.22. The maximum atomic E-state index is 12.5. The molecule has 52 heavy (non-hydrogen) atoms. The summed E-state index contributed by atoms with van der Waals surface area (Å²) < 4.78 is 34.6. The van der Waals surface area contributed by atoms with E-state index < -0.39 is 13.9 Å². The van der Waals surface area contributed by atoms with E-state index in [9.17, 15) is 14.3 Å². The average molecular weight is 749 g/mol. The molecule has 1 N–H and O–H groups in total. The van der Waals surface area contributed by atoms with Crippen LogP contribution >= 0.6 is 7.82 Å². The Morgan fingerprint density at radius 2 is 1.12 bits per heavy atom. The van der Waals surface area contributed by atoms with E-state index in [0.717, 1.165) is 83.5 Å². The maximum Gasteiger partial charge on any atom is 0.472 e. The summed E-state index contributed by atoms with van der Waals surface area (Å²) >= 11 is 0. The zero-order valence-electron chi connectivity index (χ0n) is 33.5. The second-order valence-electron chi connectivity index (χ2n) is 13.9. The summed E-state index contributed by atoms with van der Waals surface area (Å²) in [6, 6.07) is 0. The minimum atomic E-state index is -4.28. The molecule has 0 saturated carbocycles. The molecule has 0 spiro atoms. The van der Waals surface area contributed by atoms with Crippen LogP contribution in [0.25, 0.3) is 0 Å². The van der Waals surface area contributed by atoms with Gasteiger partial charge in [0, 0.05) is 13.0 Å². The highest BCUT2D eigenvalue weighted by Gasteiger charge is 2.26. The molecule has 0 fully saturated rings. The van der Waals surface area contributed by atoms with Crippen LogP contribution in [-0.4, -0.2) is 75.6 Å². The number of nitrogens with zero attached hydrogens (tertiary/aromatic N) is 1. The van der Waals surface area contributed by atoms with E-state index in [1.54, 1.807) is 0 Å². The molecule has 0 radical (unpaired) electrons. The van der Waals surface area contributed by atoms with Crippen molar-refractivity contribution < 1.29 is 37.3 Å². The van der Waals surface area contributed by atoms with E-state index in [1.165, 1.54) is 19.3 Å². The molecule has 0 aromatic heterocycles. The zero-order valence-corrected chi connectivity index (χ0v) is 34.4. The number of quaternary nitrogens is 1. The van der Waals surface area contributed by atoms with Gasteiger partial charge in [-0.05, 0) is 70.6 Å². The number of unbranched alkanes of at least 4 members (excludes halogenated alkanes) is 7. The lowest BCUT2D eigenvalue weighted by Gasteiger charge is -2.24. The fourth-order valence-corrected chi connectivity index (χ4v) is 5.39. The standard InChI is InChI=1S/C43H74NO7P/c1-6-8-10-12-14-15-16-17-18-19-20-21-22-23-24-25-26-27-28-29-30-31-33-35-38-48-40-42(51-43(45)36-34-32-13-11-9-7-2)41-50-52(46,47)49-39-37-44(3,4)5/h8,10,14-15,17-18,20-21,23-24,26-27,29-30,42H,6-7,9,11-13,16,19,22,25,28,31-41H2,1-5H3/p+1/b10-8-,15-14-,18-17-,21-20-,24-23-,27-26-,30-29-. The number of hydrogen-bond donors (Lipinski definition) is 1. The molecule has 0 aromatic rings. The topological polar surface area (TPSA) is 91.3 Å². The molecule has 0 saturated heterocycles. The van der Waals surface area contributed by atoms with Crippen LogP contribution in [0.3, 0.4) is 0 Å². The number of carbonyl (C=O) groups excluding carboxylic acids is 1. The number of ether oxygens (including phenoxy) is 2. The van der Waals surface area contributed by atoms with Crippen molar-refractivity contribution in [2.24, 2.45) is 0 Å². The van der Waals surface area contributed by atoms with Crippen LogP contribution in [0.1, 0.15) is 123 Å². The summed E-state index contributed by atoms with van der Waals surface area (Å²) in [5.74, 6) is -0.344. The highest BCUT2D eigenvalue weighted by atomic mass is 31.2. The summed E-state index contributed by atoms with van der Waals surface area (Å²) in [6.45, 7) is 5.29. The first kappa shape index (κ1) is 49.7. The molecule has 0 rings (SSSR count). The van der Waals surface area contributed by atoms with Gasteiger partial charge in [-0.25, -0.2) is 4.57 Å². The summed E-state index contributed by atoms with van der Waals surface area (Å²) in [4.78, 5) is 22.6. The van der Waals surface area contributed by atoms with E-state index in [4.69, 9.17) is 18.5 Å². The van der Waals surface area contributed by atoms with Crippen molar-refractivity contribution in [1.82, 2.24) is 0 Å². The number of phosphoric ester groups is 1. The van der Waals surface area contributed by atoms with Gasteiger partial charge in [-0.15, -0.1) is 0 Å². The first-order valence-electron chi connectivity index (χ1n) is 19.8. The number of esters is 1. The number of hydrogen-bond acceptors (Lipinski definition) is 6. The number of allylic oxidation sites excluding steroid dienone is 14. The largest absolute Gasteiger partial charge is 0.472 e. The van der Waals surface area contributed by atoms with Crippen molar-refractivity contribution in [3.63, 3.8) is 0 Å². The summed E-state index contributed by atoms with van der Waals surface area (Å²) in [7, 11) is 1.62. The van der Waals surface area contributed by atoms with Crippen molar-refractivity contribution in [1.29, 1.82) is 0 Å². The first-order chi connectivity index (χ1) is 25.1. The molecule has 2 unspecified atom stereocenters. The predicted molar refractivity (Wildman–Crippen MR) is 219 cm³/mol. The molecule has 0 bridgehead atoms. The van der Waals surface area contributed by atoms with E-state index in [1.807, 2.05) is 21.1 Å². The van der Waals surface area contributed by atoms with Crippen LogP contribution in [0.5, 0.6) is 0 Å². The third-order valence-electron chi connectivity index (χ3n) is 7.72. The van der Waals surface area contributed by atoms with Crippen LogP contribution in [0.2, 0.25) is 0 Å². The molecule has 9 heteroatoms. The SMILES string of the molecule is CC/C=C\C/C=C\C/C=C\C/C=C\C/C=C\C/C=C\C/C=C\CCCCOCC(COP(=O)(O)OCC[N+](C)(C)C)OC(=O)CCCCCCCC. The number of carbonyl (C=O) groups is 1. The number of likely N-dealkylation sites (N-methyl/N-ethyl adjacent to an activating group) is 1. The van der Waals surface area contributed by atoms with Crippen molar-refractivity contribution in [2.45, 2.75) is 129 Å². The Bertz CT molecular complexity index is 1100. The molecule has 8 nitrogen and oxygen atoms in total. The third kappa shape index (κ3) is 38.9. The molecule has 0 heterocycles. The lowest BCUT2D eigenvalue weighted by Crippen LogP contribution is -2.37. The molecule has 298 valence electrons. The fraction of sp³-hybridized carbons (Fsp3) is 0.651. The van der Waals surface area contributed by atoms with Gasteiger partial charge in [0.1, 0.15) is 19.3 Å². The molecular weight excluding hydrogens is 673 g/mol. The molecule has 0 aromatic carbocycles. The summed E-state index contributed by atoms with van der Waals surface area (Å²) in [5, 5.41) is 0. The average Bonchev–Trinajstić information content (AvgIpc) is 3.09. The number of rotatable bonds is 35. The van der Waals surface area contributed by atoms with Gasteiger partial charge >= 0.3 is 13.8 Å².